The number of aliphatic hydroxyl groups excluding tert-OH is 1. The second kappa shape index (κ2) is 18.2. The molecule has 1 aliphatic heterocycles. The minimum atomic E-state index is -0.733. The number of ketones is 1. The van der Waals surface area contributed by atoms with Gasteiger partial charge in [0.25, 0.3) is 11.7 Å². The Morgan fingerprint density at radius 2 is 1.23 bits per heavy atom. The van der Waals surface area contributed by atoms with E-state index in [9.17, 15) is 14.7 Å². The predicted molar refractivity (Wildman–Crippen MR) is 172 cm³/mol. The summed E-state index contributed by atoms with van der Waals surface area (Å²) < 4.78 is 16.1. The molecule has 7 nitrogen and oxygen atoms in total. The quantitative estimate of drug-likeness (QED) is 0.0716. The first-order valence-electron chi connectivity index (χ1n) is 16.1. The smallest absolute Gasteiger partial charge is 0.295 e. The minimum absolute atomic E-state index is 0.0766. The SMILES string of the molecule is CCCCCCCCCCCCCCCCN1C(=O)C(=O)/C(=C(\O)c2ccc(OC)cc2)[C@@H]1c1ccc(OC)c(OC)c1. The highest BCUT2D eigenvalue weighted by atomic mass is 16.5. The van der Waals surface area contributed by atoms with E-state index in [1.165, 1.54) is 70.6 Å². The first-order valence-corrected chi connectivity index (χ1v) is 16.1. The molecule has 1 amide bonds. The van der Waals surface area contributed by atoms with Crippen molar-refractivity contribution < 1.29 is 28.9 Å². The Balaban J connectivity index is 1.63. The summed E-state index contributed by atoms with van der Waals surface area (Å²) in [4.78, 5) is 28.3. The molecule has 1 aliphatic rings. The number of methoxy groups -OCH3 is 3. The Morgan fingerprint density at radius 1 is 0.698 bits per heavy atom. The highest BCUT2D eigenvalue weighted by Gasteiger charge is 2.46. The van der Waals surface area contributed by atoms with Crippen LogP contribution < -0.4 is 14.2 Å². The van der Waals surface area contributed by atoms with E-state index in [2.05, 4.69) is 6.92 Å². The summed E-state index contributed by atoms with van der Waals surface area (Å²) >= 11 is 0. The largest absolute Gasteiger partial charge is 0.507 e. The van der Waals surface area contributed by atoms with Gasteiger partial charge >= 0.3 is 0 Å². The highest BCUT2D eigenvalue weighted by Crippen LogP contribution is 2.42. The van der Waals surface area contributed by atoms with E-state index in [0.717, 1.165) is 19.3 Å². The molecule has 0 radical (unpaired) electrons. The third-order valence-corrected chi connectivity index (χ3v) is 8.38. The number of amides is 1. The first-order chi connectivity index (χ1) is 21.0. The van der Waals surface area contributed by atoms with Crippen LogP contribution in [0.4, 0.5) is 0 Å². The van der Waals surface area contributed by atoms with E-state index in [-0.39, 0.29) is 11.3 Å². The second-order valence-corrected chi connectivity index (χ2v) is 11.4. The first kappa shape index (κ1) is 34.0. The van der Waals surface area contributed by atoms with Crippen LogP contribution in [0.15, 0.2) is 48.0 Å². The maximum Gasteiger partial charge on any atom is 0.295 e. The molecule has 1 fully saturated rings. The van der Waals surface area contributed by atoms with E-state index in [4.69, 9.17) is 14.2 Å². The summed E-state index contributed by atoms with van der Waals surface area (Å²) in [6, 6.07) is 11.4. The third kappa shape index (κ3) is 9.50. The van der Waals surface area contributed by atoms with Crippen molar-refractivity contribution in [2.75, 3.05) is 27.9 Å². The molecule has 0 bridgehead atoms. The van der Waals surface area contributed by atoms with E-state index in [0.29, 0.717) is 34.9 Å². The number of carbonyl (C=O) groups excluding carboxylic acids is 2. The molecule has 43 heavy (non-hydrogen) atoms. The molecule has 1 N–H and O–H groups in total. The molecule has 3 rings (SSSR count). The zero-order chi connectivity index (χ0) is 31.0. The fourth-order valence-electron chi connectivity index (χ4n) is 5.86. The number of hydrogen-bond acceptors (Lipinski definition) is 6. The van der Waals surface area contributed by atoms with Crippen molar-refractivity contribution in [3.63, 3.8) is 0 Å². The lowest BCUT2D eigenvalue weighted by molar-refractivity contribution is -0.139. The maximum atomic E-state index is 13.4. The standard InChI is InChI=1S/C36H51NO6/c1-5-6-7-8-9-10-11-12-13-14-15-16-17-18-25-37-33(28-21-24-30(42-3)31(26-28)43-4)32(35(39)36(37)40)34(38)27-19-22-29(41-2)23-20-27/h19-24,26,33,38H,5-18,25H2,1-4H3/b34-32-/t33-/m0/s1. The van der Waals surface area contributed by atoms with Crippen molar-refractivity contribution in [2.24, 2.45) is 0 Å². The van der Waals surface area contributed by atoms with Crippen molar-refractivity contribution >= 4 is 17.4 Å². The lowest BCUT2D eigenvalue weighted by Crippen LogP contribution is -2.30. The van der Waals surface area contributed by atoms with Crippen LogP contribution in [-0.4, -0.2) is 49.6 Å². The van der Waals surface area contributed by atoms with Crippen LogP contribution in [0.2, 0.25) is 0 Å². The molecular weight excluding hydrogens is 542 g/mol. The van der Waals surface area contributed by atoms with Crippen LogP contribution in [0.25, 0.3) is 5.76 Å². The van der Waals surface area contributed by atoms with Crippen LogP contribution >= 0.6 is 0 Å². The Morgan fingerprint density at radius 3 is 1.74 bits per heavy atom. The number of rotatable bonds is 20. The van der Waals surface area contributed by atoms with Gasteiger partial charge in [0.05, 0.1) is 32.9 Å². The van der Waals surface area contributed by atoms with Gasteiger partial charge in [-0.05, 0) is 48.4 Å². The third-order valence-electron chi connectivity index (χ3n) is 8.38. The second-order valence-electron chi connectivity index (χ2n) is 11.4. The van der Waals surface area contributed by atoms with Gasteiger partial charge in [-0.1, -0.05) is 96.5 Å². The molecule has 2 aromatic rings. The minimum Gasteiger partial charge on any atom is -0.507 e. The molecular formula is C36H51NO6. The fourth-order valence-corrected chi connectivity index (χ4v) is 5.86. The molecule has 1 atom stereocenters. The highest BCUT2D eigenvalue weighted by molar-refractivity contribution is 6.46. The number of nitrogens with zero attached hydrogens (tertiary/aromatic N) is 1. The van der Waals surface area contributed by atoms with Gasteiger partial charge in [0.2, 0.25) is 0 Å². The van der Waals surface area contributed by atoms with Crippen LogP contribution in [0.5, 0.6) is 17.2 Å². The van der Waals surface area contributed by atoms with Crippen LogP contribution in [0.1, 0.15) is 114 Å². The van der Waals surface area contributed by atoms with Gasteiger partial charge in [0.1, 0.15) is 11.5 Å². The number of Topliss-reactive ketones (excluding diaryl/α,β-unsaturated/α-hetero) is 1. The van der Waals surface area contributed by atoms with Gasteiger partial charge in [-0.25, -0.2) is 0 Å². The summed E-state index contributed by atoms with van der Waals surface area (Å²) in [7, 11) is 4.67. The zero-order valence-electron chi connectivity index (χ0n) is 26.7. The van der Waals surface area contributed by atoms with Crippen LogP contribution in [-0.2, 0) is 9.59 Å². The van der Waals surface area contributed by atoms with E-state index >= 15 is 0 Å². The van der Waals surface area contributed by atoms with Gasteiger partial charge in [0.15, 0.2) is 11.5 Å². The maximum absolute atomic E-state index is 13.4. The zero-order valence-corrected chi connectivity index (χ0v) is 26.7. The molecule has 1 heterocycles. The monoisotopic (exact) mass is 593 g/mol. The average molecular weight is 594 g/mol. The number of benzene rings is 2. The summed E-state index contributed by atoms with van der Waals surface area (Å²) in [5, 5.41) is 11.3. The Hall–Kier alpha value is -3.48. The number of ether oxygens (including phenoxy) is 3. The van der Waals surface area contributed by atoms with Crippen molar-refractivity contribution in [1.82, 2.24) is 4.90 Å². The fraction of sp³-hybridized carbons (Fsp3) is 0.556. The van der Waals surface area contributed by atoms with Crippen LogP contribution in [0, 0.1) is 0 Å². The summed E-state index contributed by atoms with van der Waals surface area (Å²) in [5.41, 5.74) is 1.20. The molecule has 0 aliphatic carbocycles. The van der Waals surface area contributed by atoms with Crippen LogP contribution in [0.3, 0.4) is 0 Å². The summed E-state index contributed by atoms with van der Waals surface area (Å²) in [6.45, 7) is 2.69. The topological polar surface area (TPSA) is 85.3 Å². The van der Waals surface area contributed by atoms with Crippen molar-refractivity contribution in [3.05, 3.63) is 59.2 Å². The lowest BCUT2D eigenvalue weighted by Gasteiger charge is -2.26. The molecule has 236 valence electrons. The molecule has 0 aromatic heterocycles. The Bertz CT molecular complexity index is 1190. The van der Waals surface area contributed by atoms with Gasteiger partial charge in [-0.15, -0.1) is 0 Å². The molecule has 2 aromatic carbocycles. The molecule has 0 saturated carbocycles. The van der Waals surface area contributed by atoms with Crippen molar-refractivity contribution in [1.29, 1.82) is 0 Å². The van der Waals surface area contributed by atoms with Gasteiger partial charge < -0.3 is 24.2 Å². The summed E-state index contributed by atoms with van der Waals surface area (Å²) in [6.07, 6.45) is 17.4. The van der Waals surface area contributed by atoms with Gasteiger partial charge in [-0.3, -0.25) is 9.59 Å². The molecule has 0 spiro atoms. The molecule has 7 heteroatoms. The number of hydrogen-bond donors (Lipinski definition) is 1. The Labute approximate surface area is 258 Å². The average Bonchev–Trinajstić information content (AvgIpc) is 3.29. The number of likely N-dealkylation sites (tertiary alicyclic amines) is 1. The van der Waals surface area contributed by atoms with E-state index in [1.54, 1.807) is 62.6 Å². The lowest BCUT2D eigenvalue weighted by atomic mass is 9.94. The Kier molecular flexibility index (Phi) is 14.4. The summed E-state index contributed by atoms with van der Waals surface area (Å²) in [5.74, 6) is 0.190. The molecule has 1 saturated heterocycles. The number of carbonyl (C=O) groups is 2. The van der Waals surface area contributed by atoms with E-state index < -0.39 is 17.7 Å². The molecule has 0 unspecified atom stereocenters. The predicted octanol–water partition coefficient (Wildman–Crippen LogP) is 8.62. The van der Waals surface area contributed by atoms with Crippen molar-refractivity contribution in [3.8, 4) is 17.2 Å². The normalized spacial score (nSPS) is 16.1. The number of unbranched alkanes of at least 4 members (excludes halogenated alkanes) is 13. The van der Waals surface area contributed by atoms with Crippen molar-refractivity contribution in [2.45, 2.75) is 103 Å². The van der Waals surface area contributed by atoms with E-state index in [1.807, 2.05) is 6.07 Å². The van der Waals surface area contributed by atoms with Gasteiger partial charge in [0, 0.05) is 12.1 Å². The number of aliphatic hydroxyl groups is 1. The van der Waals surface area contributed by atoms with Gasteiger partial charge in [-0.2, -0.15) is 0 Å².